The predicted octanol–water partition coefficient (Wildman–Crippen LogP) is 6.13. The standard InChI is InChI=1S/C23H21BrN2O2S/c1-15-6-5-7-17(14-15)23(28)25-18-10-12-19(13-11-18)29-16(2)22(27)26-21-9-4-3-8-20(21)24/h3-14,16H,1-2H3,(H,25,28)(H,26,27). The van der Waals surface area contributed by atoms with Crippen molar-refractivity contribution < 1.29 is 9.59 Å². The lowest BCUT2D eigenvalue weighted by atomic mass is 10.1. The van der Waals surface area contributed by atoms with Crippen molar-refractivity contribution in [3.63, 3.8) is 0 Å². The van der Waals surface area contributed by atoms with Crippen LogP contribution in [0.4, 0.5) is 11.4 Å². The van der Waals surface area contributed by atoms with Gasteiger partial charge in [0.25, 0.3) is 5.91 Å². The van der Waals surface area contributed by atoms with E-state index in [1.165, 1.54) is 11.8 Å². The van der Waals surface area contributed by atoms with Gasteiger partial charge in [-0.05, 0) is 78.3 Å². The first kappa shape index (κ1) is 21.1. The Morgan fingerprint density at radius 3 is 2.34 bits per heavy atom. The molecule has 0 saturated heterocycles. The fourth-order valence-electron chi connectivity index (χ4n) is 2.66. The van der Waals surface area contributed by atoms with Crippen LogP contribution in [0.15, 0.2) is 82.2 Å². The van der Waals surface area contributed by atoms with E-state index in [1.807, 2.05) is 80.6 Å². The number of carbonyl (C=O) groups is 2. The van der Waals surface area contributed by atoms with E-state index in [1.54, 1.807) is 6.07 Å². The number of hydrogen-bond donors (Lipinski definition) is 2. The van der Waals surface area contributed by atoms with Crippen LogP contribution in [0.3, 0.4) is 0 Å². The number of carbonyl (C=O) groups excluding carboxylic acids is 2. The Morgan fingerprint density at radius 1 is 0.931 bits per heavy atom. The molecule has 3 aromatic carbocycles. The molecule has 0 saturated carbocycles. The SMILES string of the molecule is Cc1cccc(C(=O)Nc2ccc(SC(C)C(=O)Nc3ccccc3Br)cc2)c1. The fourth-order valence-corrected chi connectivity index (χ4v) is 3.91. The summed E-state index contributed by atoms with van der Waals surface area (Å²) in [5, 5.41) is 5.55. The molecular formula is C23H21BrN2O2S. The van der Waals surface area contributed by atoms with Gasteiger partial charge in [0.15, 0.2) is 0 Å². The Morgan fingerprint density at radius 2 is 1.66 bits per heavy atom. The minimum absolute atomic E-state index is 0.0706. The van der Waals surface area contributed by atoms with Crippen molar-refractivity contribution in [1.29, 1.82) is 0 Å². The second-order valence-corrected chi connectivity index (χ2v) is 8.85. The molecule has 0 radical (unpaired) electrons. The van der Waals surface area contributed by atoms with E-state index in [9.17, 15) is 9.59 Å². The molecule has 1 unspecified atom stereocenters. The number of rotatable bonds is 6. The van der Waals surface area contributed by atoms with Gasteiger partial charge in [0.1, 0.15) is 0 Å². The van der Waals surface area contributed by atoms with Crippen LogP contribution < -0.4 is 10.6 Å². The summed E-state index contributed by atoms with van der Waals surface area (Å²) in [5.74, 6) is -0.214. The largest absolute Gasteiger partial charge is 0.324 e. The molecule has 0 bridgehead atoms. The molecule has 6 heteroatoms. The van der Waals surface area contributed by atoms with Crippen molar-refractivity contribution in [2.24, 2.45) is 0 Å². The second kappa shape index (κ2) is 9.76. The third-order valence-corrected chi connectivity index (χ3v) is 6.01. The first-order valence-corrected chi connectivity index (χ1v) is 10.8. The molecule has 0 aliphatic heterocycles. The van der Waals surface area contributed by atoms with Crippen molar-refractivity contribution in [1.82, 2.24) is 0 Å². The zero-order valence-electron chi connectivity index (χ0n) is 16.1. The number of thioether (sulfide) groups is 1. The maximum absolute atomic E-state index is 12.5. The summed E-state index contributed by atoms with van der Waals surface area (Å²) in [5.41, 5.74) is 3.13. The fraction of sp³-hybridized carbons (Fsp3) is 0.130. The number of nitrogens with one attached hydrogen (secondary N) is 2. The lowest BCUT2D eigenvalue weighted by Crippen LogP contribution is -2.22. The third kappa shape index (κ3) is 5.95. The minimum atomic E-state index is -0.269. The van der Waals surface area contributed by atoms with Gasteiger partial charge in [0, 0.05) is 20.6 Å². The number of para-hydroxylation sites is 1. The van der Waals surface area contributed by atoms with E-state index < -0.39 is 0 Å². The van der Waals surface area contributed by atoms with Crippen LogP contribution in [-0.2, 0) is 4.79 Å². The number of anilines is 2. The summed E-state index contributed by atoms with van der Waals surface area (Å²) in [6.07, 6.45) is 0. The molecular weight excluding hydrogens is 448 g/mol. The highest BCUT2D eigenvalue weighted by atomic mass is 79.9. The predicted molar refractivity (Wildman–Crippen MR) is 124 cm³/mol. The highest BCUT2D eigenvalue weighted by molar-refractivity contribution is 9.10. The van der Waals surface area contributed by atoms with Crippen molar-refractivity contribution >= 4 is 50.9 Å². The Balaban J connectivity index is 1.57. The molecule has 0 aliphatic rings. The van der Waals surface area contributed by atoms with Gasteiger partial charge in [-0.25, -0.2) is 0 Å². The van der Waals surface area contributed by atoms with Gasteiger partial charge in [-0.1, -0.05) is 29.8 Å². The number of hydrogen-bond acceptors (Lipinski definition) is 3. The Kier molecular flexibility index (Phi) is 7.12. The van der Waals surface area contributed by atoms with Crippen LogP contribution >= 0.6 is 27.7 Å². The monoisotopic (exact) mass is 468 g/mol. The highest BCUT2D eigenvalue weighted by Gasteiger charge is 2.15. The molecule has 3 rings (SSSR count). The smallest absolute Gasteiger partial charge is 0.255 e. The van der Waals surface area contributed by atoms with Crippen LogP contribution in [0.1, 0.15) is 22.8 Å². The van der Waals surface area contributed by atoms with Crippen molar-refractivity contribution in [2.45, 2.75) is 24.0 Å². The normalized spacial score (nSPS) is 11.6. The highest BCUT2D eigenvalue weighted by Crippen LogP contribution is 2.27. The van der Waals surface area contributed by atoms with Crippen molar-refractivity contribution in [3.8, 4) is 0 Å². The summed E-state index contributed by atoms with van der Waals surface area (Å²) in [6.45, 7) is 3.82. The van der Waals surface area contributed by atoms with Crippen LogP contribution in [0.2, 0.25) is 0 Å². The van der Waals surface area contributed by atoms with E-state index in [0.29, 0.717) is 11.3 Å². The number of halogens is 1. The molecule has 148 valence electrons. The Bertz CT molecular complexity index is 1020. The van der Waals surface area contributed by atoms with E-state index in [4.69, 9.17) is 0 Å². The topological polar surface area (TPSA) is 58.2 Å². The van der Waals surface area contributed by atoms with Gasteiger partial charge in [-0.2, -0.15) is 0 Å². The Labute approximate surface area is 183 Å². The average molecular weight is 469 g/mol. The van der Waals surface area contributed by atoms with Gasteiger partial charge in [-0.15, -0.1) is 11.8 Å². The van der Waals surface area contributed by atoms with Crippen LogP contribution in [0, 0.1) is 6.92 Å². The van der Waals surface area contributed by atoms with Gasteiger partial charge in [-0.3, -0.25) is 9.59 Å². The molecule has 0 aromatic heterocycles. The van der Waals surface area contributed by atoms with E-state index >= 15 is 0 Å². The van der Waals surface area contributed by atoms with Crippen molar-refractivity contribution in [3.05, 3.63) is 88.4 Å². The van der Waals surface area contributed by atoms with E-state index in [2.05, 4.69) is 26.6 Å². The van der Waals surface area contributed by atoms with Crippen LogP contribution in [0.25, 0.3) is 0 Å². The summed E-state index contributed by atoms with van der Waals surface area (Å²) < 4.78 is 0.847. The van der Waals surface area contributed by atoms with Gasteiger partial charge in [0.2, 0.25) is 5.91 Å². The third-order valence-electron chi connectivity index (χ3n) is 4.21. The van der Waals surface area contributed by atoms with Crippen LogP contribution in [0.5, 0.6) is 0 Å². The van der Waals surface area contributed by atoms with E-state index in [-0.39, 0.29) is 17.1 Å². The van der Waals surface area contributed by atoms with Gasteiger partial charge < -0.3 is 10.6 Å². The molecule has 0 aliphatic carbocycles. The maximum atomic E-state index is 12.5. The number of amides is 2. The molecule has 4 nitrogen and oxygen atoms in total. The van der Waals surface area contributed by atoms with Gasteiger partial charge >= 0.3 is 0 Å². The number of benzene rings is 3. The zero-order chi connectivity index (χ0) is 20.8. The zero-order valence-corrected chi connectivity index (χ0v) is 18.5. The molecule has 0 fully saturated rings. The quantitative estimate of drug-likeness (QED) is 0.427. The van der Waals surface area contributed by atoms with Crippen molar-refractivity contribution in [2.75, 3.05) is 10.6 Å². The van der Waals surface area contributed by atoms with E-state index in [0.717, 1.165) is 20.6 Å². The second-order valence-electron chi connectivity index (χ2n) is 6.58. The molecule has 1 atom stereocenters. The maximum Gasteiger partial charge on any atom is 0.255 e. The number of aryl methyl sites for hydroxylation is 1. The molecule has 0 spiro atoms. The van der Waals surface area contributed by atoms with Gasteiger partial charge in [0.05, 0.1) is 10.9 Å². The lowest BCUT2D eigenvalue weighted by molar-refractivity contribution is -0.115. The molecule has 29 heavy (non-hydrogen) atoms. The summed E-state index contributed by atoms with van der Waals surface area (Å²) in [6, 6.07) is 22.5. The Hall–Kier alpha value is -2.57. The summed E-state index contributed by atoms with van der Waals surface area (Å²) >= 11 is 4.90. The first-order chi connectivity index (χ1) is 13.9. The average Bonchev–Trinajstić information content (AvgIpc) is 2.71. The lowest BCUT2D eigenvalue weighted by Gasteiger charge is -2.13. The molecule has 0 heterocycles. The molecule has 2 amide bonds. The molecule has 3 aromatic rings. The van der Waals surface area contributed by atoms with Crippen LogP contribution in [-0.4, -0.2) is 17.1 Å². The molecule has 2 N–H and O–H groups in total. The summed E-state index contributed by atoms with van der Waals surface area (Å²) in [4.78, 5) is 25.8. The summed E-state index contributed by atoms with van der Waals surface area (Å²) in [7, 11) is 0. The first-order valence-electron chi connectivity index (χ1n) is 9.12. The minimum Gasteiger partial charge on any atom is -0.324 e.